The lowest BCUT2D eigenvalue weighted by Crippen LogP contribution is -2.49. The third kappa shape index (κ3) is 5.57. The molecule has 0 radical (unpaired) electrons. The number of carbonyl (C=O) groups excluding carboxylic acids is 2. The van der Waals surface area contributed by atoms with Crippen LogP contribution in [0, 0.1) is 12.7 Å². The van der Waals surface area contributed by atoms with Gasteiger partial charge < -0.3 is 24.4 Å². The molecule has 0 spiro atoms. The Hall–Kier alpha value is -2.56. The number of nitrogens with zero attached hydrogens (tertiary/aromatic N) is 1. The fourth-order valence-corrected chi connectivity index (χ4v) is 4.31. The van der Waals surface area contributed by atoms with Crippen molar-refractivity contribution in [3.05, 3.63) is 45.4 Å². The van der Waals surface area contributed by atoms with Gasteiger partial charge in [-0.05, 0) is 55.2 Å². The number of anilines is 1. The van der Waals surface area contributed by atoms with Gasteiger partial charge in [-0.25, -0.2) is 9.18 Å². The van der Waals surface area contributed by atoms with Crippen LogP contribution in [0.2, 0.25) is 0 Å². The normalized spacial score (nSPS) is 16.0. The van der Waals surface area contributed by atoms with Gasteiger partial charge in [0.25, 0.3) is 0 Å². The molecule has 1 fully saturated rings. The Morgan fingerprint density at radius 2 is 2.19 bits per heavy atom. The molecule has 7 nitrogen and oxygen atoms in total. The second-order valence-corrected chi connectivity index (χ2v) is 8.26. The zero-order chi connectivity index (χ0) is 22.5. The number of hydrogen-bond acceptors (Lipinski definition) is 7. The van der Waals surface area contributed by atoms with E-state index in [1.807, 2.05) is 17.2 Å². The van der Waals surface area contributed by atoms with Crippen LogP contribution < -0.4 is 10.1 Å². The number of benzene rings is 1. The first-order chi connectivity index (χ1) is 14.8. The number of Topliss-reactive ketones (excluding diaryl/α,β-unsaturated/α-hetero) is 1. The number of morpholine rings is 1. The summed E-state index contributed by atoms with van der Waals surface area (Å²) in [4.78, 5) is 26.1. The van der Waals surface area contributed by atoms with Gasteiger partial charge in [-0.15, -0.1) is 11.3 Å². The first kappa shape index (κ1) is 23.1. The van der Waals surface area contributed by atoms with Crippen LogP contribution in [0.5, 0.6) is 5.75 Å². The molecule has 2 heterocycles. The fourth-order valence-electron chi connectivity index (χ4n) is 3.12. The SMILES string of the molecule is COC(=O)c1scc(C)c1NC(=S)N1CCOC(COc2ccc(F)cc2C(C)=O)C1. The molecule has 1 aromatic heterocycles. The summed E-state index contributed by atoms with van der Waals surface area (Å²) in [7, 11) is 1.34. The van der Waals surface area contributed by atoms with Gasteiger partial charge >= 0.3 is 5.97 Å². The summed E-state index contributed by atoms with van der Waals surface area (Å²) in [6, 6.07) is 3.84. The Morgan fingerprint density at radius 1 is 1.42 bits per heavy atom. The monoisotopic (exact) mass is 466 g/mol. The highest BCUT2D eigenvalue weighted by atomic mass is 32.1. The molecule has 0 amide bonds. The van der Waals surface area contributed by atoms with E-state index in [4.69, 9.17) is 26.4 Å². The molecule has 0 bridgehead atoms. The molecule has 3 rings (SSSR count). The van der Waals surface area contributed by atoms with E-state index in [1.54, 1.807) is 0 Å². The van der Waals surface area contributed by atoms with E-state index in [2.05, 4.69) is 5.32 Å². The molecule has 1 aromatic carbocycles. The number of nitrogens with one attached hydrogen (secondary N) is 1. The smallest absolute Gasteiger partial charge is 0.350 e. The number of ether oxygens (including phenoxy) is 3. The van der Waals surface area contributed by atoms with Crippen LogP contribution in [0.1, 0.15) is 32.5 Å². The highest BCUT2D eigenvalue weighted by molar-refractivity contribution is 7.80. The lowest BCUT2D eigenvalue weighted by molar-refractivity contribution is -0.0281. The van der Waals surface area contributed by atoms with Crippen molar-refractivity contribution >= 4 is 46.1 Å². The Balaban J connectivity index is 1.62. The van der Waals surface area contributed by atoms with Gasteiger partial charge in [0.1, 0.15) is 29.2 Å². The Kier molecular flexibility index (Phi) is 7.58. The summed E-state index contributed by atoms with van der Waals surface area (Å²) in [5.74, 6) is -0.883. The quantitative estimate of drug-likeness (QED) is 0.393. The molecule has 10 heteroatoms. The number of methoxy groups -OCH3 is 1. The van der Waals surface area contributed by atoms with E-state index >= 15 is 0 Å². The summed E-state index contributed by atoms with van der Waals surface area (Å²) in [6.45, 7) is 4.90. The van der Waals surface area contributed by atoms with Gasteiger partial charge in [-0.3, -0.25) is 4.79 Å². The van der Waals surface area contributed by atoms with Crippen LogP contribution >= 0.6 is 23.6 Å². The van der Waals surface area contributed by atoms with E-state index in [0.717, 1.165) is 11.6 Å². The van der Waals surface area contributed by atoms with Gasteiger partial charge in [-0.2, -0.15) is 0 Å². The average Bonchev–Trinajstić information content (AvgIpc) is 3.12. The summed E-state index contributed by atoms with van der Waals surface area (Å²) in [5.41, 5.74) is 1.72. The van der Waals surface area contributed by atoms with Gasteiger partial charge in [0.2, 0.25) is 0 Å². The van der Waals surface area contributed by atoms with E-state index in [9.17, 15) is 14.0 Å². The zero-order valence-electron chi connectivity index (χ0n) is 17.4. The maximum Gasteiger partial charge on any atom is 0.350 e. The van der Waals surface area contributed by atoms with Gasteiger partial charge in [0, 0.05) is 13.1 Å². The molecular formula is C21H23FN2O5S2. The third-order valence-corrected chi connectivity index (χ3v) is 6.19. The number of esters is 1. The second kappa shape index (κ2) is 10.2. The molecule has 31 heavy (non-hydrogen) atoms. The van der Waals surface area contributed by atoms with E-state index in [0.29, 0.717) is 41.1 Å². The highest BCUT2D eigenvalue weighted by Crippen LogP contribution is 2.29. The minimum atomic E-state index is -0.496. The van der Waals surface area contributed by atoms with Gasteiger partial charge in [-0.1, -0.05) is 0 Å². The highest BCUT2D eigenvalue weighted by Gasteiger charge is 2.25. The maximum absolute atomic E-state index is 13.4. The number of carbonyl (C=O) groups is 2. The van der Waals surface area contributed by atoms with Crippen molar-refractivity contribution in [3.63, 3.8) is 0 Å². The predicted molar refractivity (Wildman–Crippen MR) is 120 cm³/mol. The van der Waals surface area contributed by atoms with Crippen LogP contribution in [0.15, 0.2) is 23.6 Å². The number of rotatable bonds is 6. The lowest BCUT2D eigenvalue weighted by atomic mass is 10.1. The first-order valence-corrected chi connectivity index (χ1v) is 10.9. The van der Waals surface area contributed by atoms with E-state index in [1.165, 1.54) is 37.5 Å². The summed E-state index contributed by atoms with van der Waals surface area (Å²) in [6.07, 6.45) is -0.304. The Morgan fingerprint density at radius 3 is 2.90 bits per heavy atom. The van der Waals surface area contributed by atoms with Crippen LogP contribution in [0.3, 0.4) is 0 Å². The Bertz CT molecular complexity index is 994. The molecule has 1 saturated heterocycles. The first-order valence-electron chi connectivity index (χ1n) is 9.57. The average molecular weight is 467 g/mol. The molecule has 166 valence electrons. The number of aryl methyl sites for hydroxylation is 1. The second-order valence-electron chi connectivity index (χ2n) is 6.99. The lowest BCUT2D eigenvalue weighted by Gasteiger charge is -2.34. The van der Waals surface area contributed by atoms with Crippen molar-refractivity contribution in [2.24, 2.45) is 0 Å². The minimum absolute atomic E-state index is 0.177. The summed E-state index contributed by atoms with van der Waals surface area (Å²) < 4.78 is 29.8. The molecule has 1 N–H and O–H groups in total. The summed E-state index contributed by atoms with van der Waals surface area (Å²) in [5, 5.41) is 5.48. The van der Waals surface area contributed by atoms with Crippen molar-refractivity contribution in [2.75, 3.05) is 38.7 Å². The number of hydrogen-bond donors (Lipinski definition) is 1. The molecule has 1 atom stereocenters. The molecule has 1 aliphatic rings. The number of halogens is 1. The van der Waals surface area contributed by atoms with Crippen LogP contribution in [-0.4, -0.2) is 61.3 Å². The number of thiophene rings is 1. The molecule has 0 saturated carbocycles. The number of ketones is 1. The van der Waals surface area contributed by atoms with Crippen molar-refractivity contribution in [2.45, 2.75) is 20.0 Å². The molecular weight excluding hydrogens is 443 g/mol. The van der Waals surface area contributed by atoms with Gasteiger partial charge in [0.05, 0.1) is 25.0 Å². The van der Waals surface area contributed by atoms with E-state index in [-0.39, 0.29) is 24.1 Å². The maximum atomic E-state index is 13.4. The minimum Gasteiger partial charge on any atom is -0.490 e. The summed E-state index contributed by atoms with van der Waals surface area (Å²) >= 11 is 6.84. The molecule has 1 aliphatic heterocycles. The Labute approximate surface area is 189 Å². The fraction of sp³-hybridized carbons (Fsp3) is 0.381. The topological polar surface area (TPSA) is 77.1 Å². The van der Waals surface area contributed by atoms with Crippen molar-refractivity contribution in [1.29, 1.82) is 0 Å². The third-order valence-electron chi connectivity index (χ3n) is 4.75. The zero-order valence-corrected chi connectivity index (χ0v) is 19.0. The van der Waals surface area contributed by atoms with Crippen molar-refractivity contribution in [3.8, 4) is 5.75 Å². The molecule has 2 aromatic rings. The molecule has 0 aliphatic carbocycles. The standard InChI is InChI=1S/C21H23FN2O5S2/c1-12-11-31-19(20(26)27-3)18(12)23-21(30)24-6-7-28-15(9-24)10-29-17-5-4-14(22)8-16(17)13(2)25/h4-5,8,11,15H,6-7,9-10H2,1-3H3,(H,23,30). The van der Waals surface area contributed by atoms with Crippen LogP contribution in [0.4, 0.5) is 10.1 Å². The van der Waals surface area contributed by atoms with E-state index < -0.39 is 11.8 Å². The molecule has 1 unspecified atom stereocenters. The largest absolute Gasteiger partial charge is 0.490 e. The van der Waals surface area contributed by atoms with Crippen molar-refractivity contribution in [1.82, 2.24) is 4.90 Å². The predicted octanol–water partition coefficient (Wildman–Crippen LogP) is 3.66. The van der Waals surface area contributed by atoms with Gasteiger partial charge in [0.15, 0.2) is 10.9 Å². The van der Waals surface area contributed by atoms with Crippen LogP contribution in [-0.2, 0) is 9.47 Å². The number of thiocarbonyl (C=S) groups is 1. The van der Waals surface area contributed by atoms with Crippen LogP contribution in [0.25, 0.3) is 0 Å². The van der Waals surface area contributed by atoms with Crippen molar-refractivity contribution < 1.29 is 28.2 Å².